The third kappa shape index (κ3) is 32.8. The van der Waals surface area contributed by atoms with E-state index in [-0.39, 0.29) is 12.8 Å². The molecule has 1 amide bonds. The maximum Gasteiger partial charge on any atom is 0.249 e. The summed E-state index contributed by atoms with van der Waals surface area (Å²) in [5.41, 5.74) is 0. The molecule has 0 aromatic rings. The molecule has 0 aliphatic carbocycles. The third-order valence-electron chi connectivity index (χ3n) is 12.8. The van der Waals surface area contributed by atoms with Gasteiger partial charge in [-0.3, -0.25) is 4.79 Å². The molecule has 11 heteroatoms. The van der Waals surface area contributed by atoms with Crippen LogP contribution in [0.3, 0.4) is 0 Å². The molecular formula is C55H101NO10. The van der Waals surface area contributed by atoms with Gasteiger partial charge in [0.25, 0.3) is 0 Å². The molecule has 0 aromatic carbocycles. The molecular weight excluding hydrogens is 835 g/mol. The van der Waals surface area contributed by atoms with Crippen LogP contribution in [0.2, 0.25) is 0 Å². The average Bonchev–Trinajstić information content (AvgIpc) is 3.32. The van der Waals surface area contributed by atoms with E-state index in [9.17, 15) is 40.5 Å². The molecule has 9 unspecified atom stereocenters. The van der Waals surface area contributed by atoms with Gasteiger partial charge in [-0.25, -0.2) is 0 Å². The maximum atomic E-state index is 13.1. The van der Waals surface area contributed by atoms with Crippen molar-refractivity contribution in [3.05, 3.63) is 48.6 Å². The van der Waals surface area contributed by atoms with Crippen molar-refractivity contribution in [2.75, 3.05) is 13.2 Å². The fourth-order valence-electron chi connectivity index (χ4n) is 8.38. The average molecular weight is 936 g/mol. The largest absolute Gasteiger partial charge is 0.394 e. The zero-order valence-electron chi connectivity index (χ0n) is 41.9. The van der Waals surface area contributed by atoms with Crippen LogP contribution in [0.4, 0.5) is 0 Å². The van der Waals surface area contributed by atoms with Crippen LogP contribution in [0, 0.1) is 0 Å². The van der Waals surface area contributed by atoms with Crippen LogP contribution in [0.1, 0.15) is 226 Å². The van der Waals surface area contributed by atoms with E-state index in [1.165, 1.54) is 154 Å². The number of hydrogen-bond acceptors (Lipinski definition) is 10. The van der Waals surface area contributed by atoms with Crippen molar-refractivity contribution in [3.8, 4) is 0 Å². The SMILES string of the molecule is CCCCCCCC/C=C\C/C=C\CC(O)C(=O)NC(COC1OC(CO)C(O)C(O)C1O)C(O)C(O)CCC/C=C/CC/C=C/CCCCCCCCCCCCCCCCCCCC. The number of hydrogen-bond donors (Lipinski definition) is 8. The van der Waals surface area contributed by atoms with Gasteiger partial charge in [-0.2, -0.15) is 0 Å². The topological polar surface area (TPSA) is 189 Å². The van der Waals surface area contributed by atoms with Gasteiger partial charge in [0.15, 0.2) is 6.29 Å². The van der Waals surface area contributed by atoms with E-state index >= 15 is 0 Å². The van der Waals surface area contributed by atoms with Gasteiger partial charge in [0.2, 0.25) is 5.91 Å². The van der Waals surface area contributed by atoms with Crippen molar-refractivity contribution in [1.29, 1.82) is 0 Å². The lowest BCUT2D eigenvalue weighted by Crippen LogP contribution is -2.60. The standard InChI is InChI=1S/C55H101NO10/c1-3-5-7-9-11-13-15-17-18-19-20-21-22-23-24-25-26-27-28-29-30-31-33-34-36-38-40-42-47(58)50(60)46(45-65-55-53(63)52(62)51(61)49(44-57)66-55)56-54(64)48(59)43-41-39-37-35-32-16-14-12-10-8-6-4-2/h29-30,32,34-36,39,41,46-53,55,57-63H,3-28,31,33,37-38,40,42-45H2,1-2H3,(H,56,64)/b30-29+,35-32-,36-34+,41-39-. The minimum Gasteiger partial charge on any atom is -0.394 e. The van der Waals surface area contributed by atoms with E-state index in [1.807, 2.05) is 6.08 Å². The molecule has 1 aliphatic heterocycles. The highest BCUT2D eigenvalue weighted by molar-refractivity contribution is 5.81. The van der Waals surface area contributed by atoms with Crippen LogP contribution in [-0.4, -0.2) is 110 Å². The molecule has 11 nitrogen and oxygen atoms in total. The summed E-state index contributed by atoms with van der Waals surface area (Å²) < 4.78 is 11.1. The van der Waals surface area contributed by atoms with E-state index in [0.29, 0.717) is 19.3 Å². The molecule has 1 heterocycles. The van der Waals surface area contributed by atoms with Crippen LogP contribution in [0.25, 0.3) is 0 Å². The Labute approximate surface area is 402 Å². The number of carbonyl (C=O) groups excluding carboxylic acids is 1. The number of amides is 1. The molecule has 1 rings (SSSR count). The zero-order valence-corrected chi connectivity index (χ0v) is 41.9. The lowest BCUT2D eigenvalue weighted by molar-refractivity contribution is -0.303. The molecule has 1 saturated heterocycles. The summed E-state index contributed by atoms with van der Waals surface area (Å²) in [6, 6.07) is -1.22. The number of nitrogens with one attached hydrogen (secondary N) is 1. The molecule has 0 spiro atoms. The minimum atomic E-state index is -1.68. The Morgan fingerprint density at radius 2 is 0.970 bits per heavy atom. The molecule has 0 bridgehead atoms. The van der Waals surface area contributed by atoms with E-state index in [2.05, 4.69) is 55.6 Å². The highest BCUT2D eigenvalue weighted by Crippen LogP contribution is 2.23. The van der Waals surface area contributed by atoms with E-state index < -0.39 is 74.2 Å². The van der Waals surface area contributed by atoms with Crippen molar-refractivity contribution in [2.24, 2.45) is 0 Å². The monoisotopic (exact) mass is 936 g/mol. The van der Waals surface area contributed by atoms with Gasteiger partial charge in [0.1, 0.15) is 36.6 Å². The van der Waals surface area contributed by atoms with Crippen molar-refractivity contribution in [3.63, 3.8) is 0 Å². The first-order valence-corrected chi connectivity index (χ1v) is 27.0. The zero-order chi connectivity index (χ0) is 48.3. The summed E-state index contributed by atoms with van der Waals surface area (Å²) in [7, 11) is 0. The third-order valence-corrected chi connectivity index (χ3v) is 12.8. The second kappa shape index (κ2) is 44.3. The van der Waals surface area contributed by atoms with Gasteiger partial charge in [-0.1, -0.05) is 204 Å². The Hall–Kier alpha value is -1.93. The number of aliphatic hydroxyl groups excluding tert-OH is 7. The predicted octanol–water partition coefficient (Wildman–Crippen LogP) is 10.5. The van der Waals surface area contributed by atoms with Gasteiger partial charge in [0.05, 0.1) is 25.4 Å². The van der Waals surface area contributed by atoms with Crippen LogP contribution < -0.4 is 5.32 Å². The number of aliphatic hydroxyl groups is 7. The fraction of sp³-hybridized carbons (Fsp3) is 0.836. The molecule has 8 N–H and O–H groups in total. The van der Waals surface area contributed by atoms with Crippen molar-refractivity contribution in [1.82, 2.24) is 5.32 Å². The number of ether oxygens (including phenoxy) is 2. The van der Waals surface area contributed by atoms with Gasteiger partial charge < -0.3 is 50.5 Å². The highest BCUT2D eigenvalue weighted by atomic mass is 16.7. The Morgan fingerprint density at radius 1 is 0.545 bits per heavy atom. The Morgan fingerprint density at radius 3 is 1.45 bits per heavy atom. The predicted molar refractivity (Wildman–Crippen MR) is 270 cm³/mol. The quantitative estimate of drug-likeness (QED) is 0.0216. The second-order valence-electron chi connectivity index (χ2n) is 18.9. The van der Waals surface area contributed by atoms with E-state index in [1.54, 1.807) is 6.08 Å². The van der Waals surface area contributed by atoms with Crippen molar-refractivity contribution >= 4 is 5.91 Å². The second-order valence-corrected chi connectivity index (χ2v) is 18.9. The van der Waals surface area contributed by atoms with Crippen LogP contribution in [-0.2, 0) is 14.3 Å². The summed E-state index contributed by atoms with van der Waals surface area (Å²) in [6.45, 7) is 3.38. The van der Waals surface area contributed by atoms with Gasteiger partial charge in [-0.05, 0) is 64.2 Å². The van der Waals surface area contributed by atoms with Gasteiger partial charge in [-0.15, -0.1) is 0 Å². The summed E-state index contributed by atoms with van der Waals surface area (Å²) >= 11 is 0. The number of carbonyl (C=O) groups is 1. The molecule has 0 saturated carbocycles. The molecule has 1 fully saturated rings. The van der Waals surface area contributed by atoms with Crippen molar-refractivity contribution < 1.29 is 50.0 Å². The van der Waals surface area contributed by atoms with Crippen molar-refractivity contribution in [2.45, 2.75) is 281 Å². The summed E-state index contributed by atoms with van der Waals surface area (Å²) in [5.74, 6) is -0.778. The maximum absolute atomic E-state index is 13.1. The summed E-state index contributed by atoms with van der Waals surface area (Å²) in [4.78, 5) is 13.1. The Kier molecular flexibility index (Phi) is 41.7. The summed E-state index contributed by atoms with van der Waals surface area (Å²) in [5, 5.41) is 75.7. The molecule has 1 aliphatic rings. The molecule has 0 radical (unpaired) electrons. The first-order chi connectivity index (χ1) is 32.2. The number of rotatable bonds is 45. The lowest BCUT2D eigenvalue weighted by Gasteiger charge is -2.40. The first kappa shape index (κ1) is 62.1. The van der Waals surface area contributed by atoms with Crippen LogP contribution in [0.15, 0.2) is 48.6 Å². The first-order valence-electron chi connectivity index (χ1n) is 27.0. The summed E-state index contributed by atoms with van der Waals surface area (Å²) in [6.07, 6.45) is 43.5. The van der Waals surface area contributed by atoms with Crippen LogP contribution >= 0.6 is 0 Å². The fourth-order valence-corrected chi connectivity index (χ4v) is 8.38. The normalized spacial score (nSPS) is 21.1. The Bertz CT molecular complexity index is 1210. The van der Waals surface area contributed by atoms with Gasteiger partial charge in [0, 0.05) is 6.42 Å². The number of allylic oxidation sites excluding steroid dienone is 7. The molecule has 0 aromatic heterocycles. The molecule has 9 atom stereocenters. The Balaban J connectivity index is 2.35. The van der Waals surface area contributed by atoms with Gasteiger partial charge >= 0.3 is 0 Å². The number of unbranched alkanes of at least 4 members (excludes halogenated alkanes) is 26. The van der Waals surface area contributed by atoms with Crippen LogP contribution in [0.5, 0.6) is 0 Å². The van der Waals surface area contributed by atoms with E-state index in [0.717, 1.165) is 25.7 Å². The minimum absolute atomic E-state index is 0.0395. The molecule has 386 valence electrons. The lowest BCUT2D eigenvalue weighted by atomic mass is 9.99. The molecule has 66 heavy (non-hydrogen) atoms. The van der Waals surface area contributed by atoms with E-state index in [4.69, 9.17) is 9.47 Å². The smallest absolute Gasteiger partial charge is 0.249 e. The highest BCUT2D eigenvalue weighted by Gasteiger charge is 2.44.